The Balaban J connectivity index is 1.81. The van der Waals surface area contributed by atoms with Crippen molar-refractivity contribution >= 4 is 5.69 Å². The van der Waals surface area contributed by atoms with Crippen LogP contribution in [0.4, 0.5) is 5.69 Å². The number of nitrogens with two attached hydrogens (primary N) is 1. The van der Waals surface area contributed by atoms with Gasteiger partial charge in [0.1, 0.15) is 6.54 Å². The Kier molecular flexibility index (Phi) is 2.40. The number of nitrogen functional groups attached to an aromatic ring is 1. The fourth-order valence-corrected chi connectivity index (χ4v) is 3.41. The van der Waals surface area contributed by atoms with E-state index in [1.165, 1.54) is 48.9 Å². The van der Waals surface area contributed by atoms with Gasteiger partial charge < -0.3 is 10.2 Å². The molecule has 0 aromatic heterocycles. The van der Waals surface area contributed by atoms with E-state index in [4.69, 9.17) is 5.73 Å². The Morgan fingerprint density at radius 1 is 1.06 bits per heavy atom. The minimum absolute atomic E-state index is 0.975. The predicted octanol–water partition coefficient (Wildman–Crippen LogP) is 2.40. The van der Waals surface area contributed by atoms with Crippen molar-refractivity contribution in [2.24, 2.45) is 5.92 Å². The Labute approximate surface area is 97.6 Å². The normalized spacial score (nSPS) is 32.9. The van der Waals surface area contributed by atoms with Crippen molar-refractivity contribution in [2.45, 2.75) is 25.8 Å². The number of hydrogen-bond donors (Lipinski definition) is 1. The quantitative estimate of drug-likeness (QED) is 0.597. The Bertz CT molecular complexity index is 364. The van der Waals surface area contributed by atoms with Crippen molar-refractivity contribution in [3.05, 3.63) is 29.8 Å². The van der Waals surface area contributed by atoms with Crippen molar-refractivity contribution in [1.29, 1.82) is 0 Å². The topological polar surface area (TPSA) is 26.0 Å². The molecule has 3 aliphatic heterocycles. The standard InChI is InChI=1S/C14H21N2/c15-14-4-2-1-3-13(14)11-16-8-5-12(6-9-16)7-10-16/h1-4,12H,5-11,15H2/q+1. The van der Waals surface area contributed by atoms with Crippen LogP contribution in [-0.4, -0.2) is 24.1 Å². The Morgan fingerprint density at radius 3 is 2.31 bits per heavy atom. The van der Waals surface area contributed by atoms with Crippen LogP contribution in [0.2, 0.25) is 0 Å². The molecule has 16 heavy (non-hydrogen) atoms. The first-order chi connectivity index (χ1) is 7.77. The van der Waals surface area contributed by atoms with Crippen LogP contribution in [0.5, 0.6) is 0 Å². The van der Waals surface area contributed by atoms with Crippen LogP contribution in [-0.2, 0) is 6.54 Å². The molecule has 3 fully saturated rings. The van der Waals surface area contributed by atoms with Gasteiger partial charge in [-0.25, -0.2) is 0 Å². The molecule has 1 aromatic carbocycles. The van der Waals surface area contributed by atoms with Gasteiger partial charge >= 0.3 is 0 Å². The molecule has 0 saturated carbocycles. The van der Waals surface area contributed by atoms with Crippen molar-refractivity contribution in [3.63, 3.8) is 0 Å². The highest BCUT2D eigenvalue weighted by Gasteiger charge is 2.39. The van der Waals surface area contributed by atoms with E-state index in [2.05, 4.69) is 12.1 Å². The van der Waals surface area contributed by atoms with Gasteiger partial charge in [0.2, 0.25) is 0 Å². The lowest BCUT2D eigenvalue weighted by molar-refractivity contribution is -0.955. The van der Waals surface area contributed by atoms with E-state index in [-0.39, 0.29) is 0 Å². The highest BCUT2D eigenvalue weighted by Crippen LogP contribution is 2.35. The van der Waals surface area contributed by atoms with Crippen LogP contribution < -0.4 is 5.73 Å². The number of anilines is 1. The molecule has 0 unspecified atom stereocenters. The third-order valence-corrected chi connectivity index (χ3v) is 4.60. The number of nitrogens with zero attached hydrogens (tertiary/aromatic N) is 1. The summed E-state index contributed by atoms with van der Waals surface area (Å²) < 4.78 is 1.30. The lowest BCUT2D eigenvalue weighted by Crippen LogP contribution is -2.57. The van der Waals surface area contributed by atoms with Crippen molar-refractivity contribution < 1.29 is 4.48 Å². The third kappa shape index (κ3) is 1.71. The zero-order valence-electron chi connectivity index (χ0n) is 9.86. The average molecular weight is 217 g/mol. The van der Waals surface area contributed by atoms with Gasteiger partial charge in [-0.1, -0.05) is 18.2 Å². The van der Waals surface area contributed by atoms with Gasteiger partial charge in [0, 0.05) is 11.3 Å². The molecule has 3 aliphatic rings. The van der Waals surface area contributed by atoms with E-state index in [9.17, 15) is 0 Å². The molecule has 3 heterocycles. The summed E-state index contributed by atoms with van der Waals surface area (Å²) in [6.07, 6.45) is 4.31. The second-order valence-electron chi connectivity index (χ2n) is 5.60. The molecule has 3 saturated heterocycles. The van der Waals surface area contributed by atoms with Crippen molar-refractivity contribution in [1.82, 2.24) is 0 Å². The number of piperidine rings is 3. The van der Waals surface area contributed by atoms with E-state index in [1.807, 2.05) is 12.1 Å². The summed E-state index contributed by atoms with van der Waals surface area (Å²) in [6.45, 7) is 5.27. The van der Waals surface area contributed by atoms with Gasteiger partial charge in [-0.05, 0) is 31.2 Å². The molecule has 1 aromatic rings. The summed E-state index contributed by atoms with van der Waals surface area (Å²) in [6, 6.07) is 8.37. The first kappa shape index (κ1) is 10.2. The van der Waals surface area contributed by atoms with E-state index in [0.717, 1.165) is 18.2 Å². The average Bonchev–Trinajstić information content (AvgIpc) is 2.34. The molecule has 2 bridgehead atoms. The summed E-state index contributed by atoms with van der Waals surface area (Å²) in [5.41, 5.74) is 8.38. The van der Waals surface area contributed by atoms with E-state index < -0.39 is 0 Å². The van der Waals surface area contributed by atoms with Gasteiger partial charge in [-0.2, -0.15) is 0 Å². The molecule has 0 radical (unpaired) electrons. The van der Waals surface area contributed by atoms with Gasteiger partial charge in [-0.3, -0.25) is 0 Å². The van der Waals surface area contributed by atoms with E-state index in [1.54, 1.807) is 0 Å². The zero-order chi connectivity index (χ0) is 11.0. The number of rotatable bonds is 2. The van der Waals surface area contributed by atoms with Crippen molar-refractivity contribution in [3.8, 4) is 0 Å². The summed E-state index contributed by atoms with van der Waals surface area (Å²) in [5, 5.41) is 0. The van der Waals surface area contributed by atoms with Crippen LogP contribution in [0.3, 0.4) is 0 Å². The second-order valence-corrected chi connectivity index (χ2v) is 5.60. The maximum atomic E-state index is 6.05. The smallest absolute Gasteiger partial charge is 0.106 e. The zero-order valence-corrected chi connectivity index (χ0v) is 9.86. The van der Waals surface area contributed by atoms with Gasteiger partial charge in [0.25, 0.3) is 0 Å². The van der Waals surface area contributed by atoms with E-state index in [0.29, 0.717) is 0 Å². The molecule has 0 atom stereocenters. The van der Waals surface area contributed by atoms with Gasteiger partial charge in [-0.15, -0.1) is 0 Å². The van der Waals surface area contributed by atoms with Crippen LogP contribution in [0, 0.1) is 5.92 Å². The lowest BCUT2D eigenvalue weighted by atomic mass is 9.85. The molecular formula is C14H21N2+. The molecule has 2 nitrogen and oxygen atoms in total. The monoisotopic (exact) mass is 217 g/mol. The number of quaternary nitrogens is 1. The minimum Gasteiger partial charge on any atom is -0.398 e. The van der Waals surface area contributed by atoms with Crippen LogP contribution >= 0.6 is 0 Å². The Morgan fingerprint density at radius 2 is 1.69 bits per heavy atom. The molecule has 0 amide bonds. The summed E-state index contributed by atoms with van der Waals surface area (Å²) in [5.74, 6) is 1.04. The van der Waals surface area contributed by atoms with Crippen LogP contribution in [0.1, 0.15) is 24.8 Å². The highest BCUT2D eigenvalue weighted by molar-refractivity contribution is 5.45. The molecule has 2 N–H and O–H groups in total. The number of benzene rings is 1. The van der Waals surface area contributed by atoms with Gasteiger partial charge in [0.05, 0.1) is 19.6 Å². The molecule has 86 valence electrons. The number of fused-ring (bicyclic) bond motifs is 3. The predicted molar refractivity (Wildman–Crippen MR) is 66.8 cm³/mol. The first-order valence-electron chi connectivity index (χ1n) is 6.46. The summed E-state index contributed by atoms with van der Waals surface area (Å²) >= 11 is 0. The second kappa shape index (κ2) is 3.77. The lowest BCUT2D eigenvalue weighted by Gasteiger charge is -2.49. The highest BCUT2D eigenvalue weighted by atomic mass is 15.4. The van der Waals surface area contributed by atoms with Crippen molar-refractivity contribution in [2.75, 3.05) is 25.4 Å². The van der Waals surface area contributed by atoms with Crippen LogP contribution in [0.25, 0.3) is 0 Å². The fraction of sp³-hybridized carbons (Fsp3) is 0.571. The SMILES string of the molecule is Nc1ccccc1C[N+]12CCC(CC1)CC2. The molecule has 0 spiro atoms. The maximum absolute atomic E-state index is 6.05. The molecule has 2 heteroatoms. The summed E-state index contributed by atoms with van der Waals surface area (Å²) in [7, 11) is 0. The molecular weight excluding hydrogens is 196 g/mol. The minimum atomic E-state index is 0.975. The number of hydrogen-bond acceptors (Lipinski definition) is 1. The van der Waals surface area contributed by atoms with Gasteiger partial charge in [0.15, 0.2) is 0 Å². The summed E-state index contributed by atoms with van der Waals surface area (Å²) in [4.78, 5) is 0. The maximum Gasteiger partial charge on any atom is 0.106 e. The Hall–Kier alpha value is -1.02. The largest absolute Gasteiger partial charge is 0.398 e. The van der Waals surface area contributed by atoms with E-state index >= 15 is 0 Å². The first-order valence-corrected chi connectivity index (χ1v) is 6.46. The number of para-hydroxylation sites is 1. The molecule has 0 aliphatic carbocycles. The molecule has 4 rings (SSSR count). The third-order valence-electron chi connectivity index (χ3n) is 4.60. The van der Waals surface area contributed by atoms with Crippen LogP contribution in [0.15, 0.2) is 24.3 Å². The fourth-order valence-electron chi connectivity index (χ4n) is 3.41.